The summed E-state index contributed by atoms with van der Waals surface area (Å²) in [6.07, 6.45) is 0.288. The van der Waals surface area contributed by atoms with E-state index in [4.69, 9.17) is 5.11 Å². The highest BCUT2D eigenvalue weighted by molar-refractivity contribution is 6.39. The molecule has 1 saturated heterocycles. The van der Waals surface area contributed by atoms with Gasteiger partial charge >= 0.3 is 0 Å². The lowest BCUT2D eigenvalue weighted by atomic mass is 10.1. The van der Waals surface area contributed by atoms with E-state index in [9.17, 15) is 9.59 Å². The molecule has 2 aliphatic rings. The molecular weight excluding hydrogens is 186 g/mol. The topological polar surface area (TPSA) is 82.0 Å². The van der Waals surface area contributed by atoms with E-state index in [1.54, 1.807) is 0 Å². The lowest BCUT2D eigenvalue weighted by molar-refractivity contribution is -0.134. The van der Waals surface area contributed by atoms with Crippen molar-refractivity contribution < 1.29 is 14.7 Å². The van der Waals surface area contributed by atoms with Crippen LogP contribution in [0.5, 0.6) is 0 Å². The lowest BCUT2D eigenvalue weighted by Crippen LogP contribution is -2.56. The molecule has 2 rings (SSSR count). The van der Waals surface area contributed by atoms with Gasteiger partial charge in [0, 0.05) is 25.9 Å². The minimum Gasteiger partial charge on any atom is -0.389 e. The number of hydrogen-bond acceptors (Lipinski definition) is 4. The summed E-state index contributed by atoms with van der Waals surface area (Å²) in [6, 6.07) is 0. The van der Waals surface area contributed by atoms with Gasteiger partial charge in [0.15, 0.2) is 0 Å². The van der Waals surface area contributed by atoms with Gasteiger partial charge < -0.3 is 10.0 Å². The summed E-state index contributed by atoms with van der Waals surface area (Å²) in [6.45, 7) is 0.734. The molecule has 0 aromatic carbocycles. The van der Waals surface area contributed by atoms with Crippen LogP contribution >= 0.6 is 0 Å². The number of amides is 2. The summed E-state index contributed by atoms with van der Waals surface area (Å²) in [7, 11) is 0. The van der Waals surface area contributed by atoms with Gasteiger partial charge in [0.1, 0.15) is 5.71 Å². The number of aliphatic hydroxyl groups excluding tert-OH is 1. The molecule has 0 unspecified atom stereocenters. The molecule has 2 N–H and O–H groups in total. The number of rotatable bonds is 1. The molecule has 2 aliphatic heterocycles. The van der Waals surface area contributed by atoms with Crippen LogP contribution < -0.4 is 5.43 Å². The Bertz CT molecular complexity index is 307. The van der Waals surface area contributed by atoms with Crippen molar-refractivity contribution in [2.24, 2.45) is 5.10 Å². The number of hydrazone groups is 1. The molecule has 6 nitrogen and oxygen atoms in total. The second kappa shape index (κ2) is 3.38. The van der Waals surface area contributed by atoms with Crippen molar-refractivity contribution in [3.05, 3.63) is 0 Å². The summed E-state index contributed by atoms with van der Waals surface area (Å²) < 4.78 is 0. The van der Waals surface area contributed by atoms with Crippen molar-refractivity contribution in [3.63, 3.8) is 0 Å². The number of aliphatic hydroxyl groups is 1. The quantitative estimate of drug-likeness (QED) is 0.534. The van der Waals surface area contributed by atoms with Crippen molar-refractivity contribution in [3.8, 4) is 0 Å². The third-order valence-corrected chi connectivity index (χ3v) is 2.30. The number of β-amino-alcohol motifs (C(OH)–C–C–N with tert-alkyl or cyclic N) is 1. The zero-order valence-electron chi connectivity index (χ0n) is 7.56. The Morgan fingerprint density at radius 1 is 1.50 bits per heavy atom. The van der Waals surface area contributed by atoms with Gasteiger partial charge in [-0.3, -0.25) is 9.59 Å². The predicted octanol–water partition coefficient (Wildman–Crippen LogP) is -1.54. The third-order valence-electron chi connectivity index (χ3n) is 2.30. The van der Waals surface area contributed by atoms with E-state index in [-0.39, 0.29) is 11.8 Å². The molecule has 14 heavy (non-hydrogen) atoms. The van der Waals surface area contributed by atoms with E-state index in [0.717, 1.165) is 0 Å². The second-order valence-electron chi connectivity index (χ2n) is 3.46. The van der Waals surface area contributed by atoms with E-state index < -0.39 is 6.10 Å². The number of nitrogens with one attached hydrogen (secondary N) is 1. The summed E-state index contributed by atoms with van der Waals surface area (Å²) in [4.78, 5) is 23.8. The molecule has 6 heteroatoms. The third kappa shape index (κ3) is 1.60. The van der Waals surface area contributed by atoms with Gasteiger partial charge in [-0.15, -0.1) is 0 Å². The number of hydrogen-bond donors (Lipinski definition) is 2. The molecule has 0 radical (unpaired) electrons. The van der Waals surface area contributed by atoms with E-state index in [2.05, 4.69) is 10.5 Å². The smallest absolute Gasteiger partial charge is 0.270 e. The van der Waals surface area contributed by atoms with Crippen LogP contribution in [0.2, 0.25) is 0 Å². The summed E-state index contributed by atoms with van der Waals surface area (Å²) in [5.41, 5.74) is 2.64. The van der Waals surface area contributed by atoms with Gasteiger partial charge in [-0.05, 0) is 0 Å². The lowest BCUT2D eigenvalue weighted by Gasteiger charge is -2.36. The van der Waals surface area contributed by atoms with Gasteiger partial charge in [-0.25, -0.2) is 5.43 Å². The molecule has 0 aliphatic carbocycles. The maximum atomic E-state index is 11.6. The Kier molecular flexibility index (Phi) is 2.20. The molecule has 0 spiro atoms. The highest BCUT2D eigenvalue weighted by Crippen LogP contribution is 2.11. The highest BCUT2D eigenvalue weighted by atomic mass is 16.3. The average Bonchev–Trinajstić information content (AvgIpc) is 2.13. The van der Waals surface area contributed by atoms with Gasteiger partial charge in [-0.1, -0.05) is 0 Å². The fourth-order valence-corrected chi connectivity index (χ4v) is 1.43. The summed E-state index contributed by atoms with van der Waals surface area (Å²) in [5.74, 6) is -0.347. The zero-order valence-corrected chi connectivity index (χ0v) is 7.56. The Morgan fingerprint density at radius 2 is 2.21 bits per heavy atom. The molecule has 0 bridgehead atoms. The molecular formula is C8H11N3O3. The van der Waals surface area contributed by atoms with Crippen LogP contribution in [0, 0.1) is 0 Å². The SMILES string of the molecule is O=C1CCC(C(=O)N2CC(O)C2)=NN1. The Hall–Kier alpha value is -1.43. The maximum Gasteiger partial charge on any atom is 0.270 e. The van der Waals surface area contributed by atoms with E-state index in [0.29, 0.717) is 31.6 Å². The number of nitrogens with zero attached hydrogens (tertiary/aromatic N) is 2. The fraction of sp³-hybridized carbons (Fsp3) is 0.625. The van der Waals surface area contributed by atoms with Crippen molar-refractivity contribution in [2.75, 3.05) is 13.1 Å². The molecule has 0 aromatic heterocycles. The van der Waals surface area contributed by atoms with Crippen molar-refractivity contribution in [2.45, 2.75) is 18.9 Å². The van der Waals surface area contributed by atoms with Crippen LogP contribution in [-0.4, -0.2) is 46.7 Å². The molecule has 0 atom stereocenters. The maximum absolute atomic E-state index is 11.6. The summed E-state index contributed by atoms with van der Waals surface area (Å²) in [5, 5.41) is 12.7. The average molecular weight is 197 g/mol. The van der Waals surface area contributed by atoms with Crippen LogP contribution in [0.15, 0.2) is 5.10 Å². The second-order valence-corrected chi connectivity index (χ2v) is 3.46. The minimum absolute atomic E-state index is 0.162. The van der Waals surface area contributed by atoms with E-state index in [1.165, 1.54) is 4.90 Å². The Morgan fingerprint density at radius 3 is 2.71 bits per heavy atom. The van der Waals surface area contributed by atoms with Crippen LogP contribution in [0.3, 0.4) is 0 Å². The van der Waals surface area contributed by atoms with Crippen molar-refractivity contribution >= 4 is 17.5 Å². The predicted molar refractivity (Wildman–Crippen MR) is 47.4 cm³/mol. The number of likely N-dealkylation sites (tertiary alicyclic amines) is 1. The molecule has 0 aromatic rings. The zero-order chi connectivity index (χ0) is 10.1. The first-order chi connectivity index (χ1) is 6.66. The van der Waals surface area contributed by atoms with Crippen molar-refractivity contribution in [1.29, 1.82) is 0 Å². The summed E-state index contributed by atoms with van der Waals surface area (Å²) >= 11 is 0. The Labute approximate surface area is 80.6 Å². The van der Waals surface area contributed by atoms with Gasteiger partial charge in [-0.2, -0.15) is 5.10 Å². The molecule has 1 fully saturated rings. The van der Waals surface area contributed by atoms with E-state index in [1.807, 2.05) is 0 Å². The van der Waals surface area contributed by atoms with Crippen LogP contribution in [0.1, 0.15) is 12.8 Å². The first-order valence-electron chi connectivity index (χ1n) is 4.49. The molecule has 2 amide bonds. The first-order valence-corrected chi connectivity index (χ1v) is 4.49. The highest BCUT2D eigenvalue weighted by Gasteiger charge is 2.32. The van der Waals surface area contributed by atoms with E-state index >= 15 is 0 Å². The van der Waals surface area contributed by atoms with Crippen LogP contribution in [0.25, 0.3) is 0 Å². The Balaban J connectivity index is 1.95. The normalized spacial score (nSPS) is 22.5. The van der Waals surface area contributed by atoms with Gasteiger partial charge in [0.2, 0.25) is 5.91 Å². The molecule has 2 heterocycles. The standard InChI is InChI=1S/C8H11N3O3/c12-5-3-11(4-5)8(14)6-1-2-7(13)10-9-6/h5,12H,1-4H2,(H,10,13). The fourth-order valence-electron chi connectivity index (χ4n) is 1.43. The molecule has 0 saturated carbocycles. The largest absolute Gasteiger partial charge is 0.389 e. The number of carbonyl (C=O) groups is 2. The minimum atomic E-state index is -0.405. The van der Waals surface area contributed by atoms with Gasteiger partial charge in [0.05, 0.1) is 6.10 Å². The monoisotopic (exact) mass is 197 g/mol. The van der Waals surface area contributed by atoms with Crippen LogP contribution in [-0.2, 0) is 9.59 Å². The van der Waals surface area contributed by atoms with Crippen LogP contribution in [0.4, 0.5) is 0 Å². The number of carbonyl (C=O) groups excluding carboxylic acids is 2. The first kappa shape index (κ1) is 9.14. The van der Waals surface area contributed by atoms with Crippen molar-refractivity contribution in [1.82, 2.24) is 10.3 Å². The van der Waals surface area contributed by atoms with Gasteiger partial charge in [0.25, 0.3) is 5.91 Å². The molecule has 76 valence electrons.